The maximum Gasteiger partial charge on any atom is 0.0992 e. The Labute approximate surface area is 101 Å². The number of rotatable bonds is 4. The van der Waals surface area contributed by atoms with Crippen molar-refractivity contribution in [3.8, 4) is 6.07 Å². The number of nitrogens with zero attached hydrogens (tertiary/aromatic N) is 1. The fourth-order valence-corrected chi connectivity index (χ4v) is 1.56. The van der Waals surface area contributed by atoms with Crippen molar-refractivity contribution >= 4 is 17.3 Å². The van der Waals surface area contributed by atoms with Gasteiger partial charge in [0.15, 0.2) is 0 Å². The maximum absolute atomic E-state index is 9.19. The van der Waals surface area contributed by atoms with Gasteiger partial charge in [0.05, 0.1) is 35.0 Å². The molecule has 0 radical (unpaired) electrons. The van der Waals surface area contributed by atoms with Gasteiger partial charge in [-0.1, -0.05) is 25.4 Å². The monoisotopic (exact) mass is 238 g/mol. The van der Waals surface area contributed by atoms with Crippen molar-refractivity contribution in [2.24, 2.45) is 5.92 Å². The Morgan fingerprint density at radius 3 is 2.62 bits per heavy atom. The van der Waals surface area contributed by atoms with Gasteiger partial charge in [0, 0.05) is 0 Å². The smallest absolute Gasteiger partial charge is 0.0992 e. The summed E-state index contributed by atoms with van der Waals surface area (Å²) in [6.45, 7) is 4.09. The SMILES string of the molecule is CC(C)C(CO)Nc1ccc(C#N)cc1Cl. The van der Waals surface area contributed by atoms with Crippen LogP contribution in [0.1, 0.15) is 19.4 Å². The molecule has 0 spiro atoms. The number of hydrogen-bond donors (Lipinski definition) is 2. The molecule has 0 heterocycles. The lowest BCUT2D eigenvalue weighted by Gasteiger charge is -2.21. The van der Waals surface area contributed by atoms with Crippen LogP contribution >= 0.6 is 11.6 Å². The molecule has 0 aliphatic carbocycles. The summed E-state index contributed by atoms with van der Waals surface area (Å²) < 4.78 is 0. The summed E-state index contributed by atoms with van der Waals surface area (Å²) in [7, 11) is 0. The summed E-state index contributed by atoms with van der Waals surface area (Å²) in [6, 6.07) is 7.05. The highest BCUT2D eigenvalue weighted by Gasteiger charge is 2.13. The van der Waals surface area contributed by atoms with Crippen LogP contribution < -0.4 is 5.32 Å². The van der Waals surface area contributed by atoms with Crippen molar-refractivity contribution in [2.45, 2.75) is 19.9 Å². The molecule has 86 valence electrons. The van der Waals surface area contributed by atoms with E-state index in [4.69, 9.17) is 16.9 Å². The van der Waals surface area contributed by atoms with Gasteiger partial charge in [-0.2, -0.15) is 5.26 Å². The van der Waals surface area contributed by atoms with Gasteiger partial charge in [-0.3, -0.25) is 0 Å². The van der Waals surface area contributed by atoms with Crippen molar-refractivity contribution < 1.29 is 5.11 Å². The molecule has 0 fully saturated rings. The third kappa shape index (κ3) is 3.13. The highest BCUT2D eigenvalue weighted by Crippen LogP contribution is 2.24. The number of benzene rings is 1. The number of anilines is 1. The minimum atomic E-state index is -0.0366. The van der Waals surface area contributed by atoms with Crippen LogP contribution in [0.3, 0.4) is 0 Å². The normalized spacial score (nSPS) is 12.2. The zero-order valence-corrected chi connectivity index (χ0v) is 10.1. The first-order valence-corrected chi connectivity index (χ1v) is 5.53. The van der Waals surface area contributed by atoms with Crippen LogP contribution in [0.25, 0.3) is 0 Å². The van der Waals surface area contributed by atoms with Gasteiger partial charge in [0.1, 0.15) is 0 Å². The predicted molar refractivity (Wildman–Crippen MR) is 65.5 cm³/mol. The molecule has 3 nitrogen and oxygen atoms in total. The number of hydrogen-bond acceptors (Lipinski definition) is 3. The van der Waals surface area contributed by atoms with Crippen LogP contribution in [0.5, 0.6) is 0 Å². The van der Waals surface area contributed by atoms with E-state index in [-0.39, 0.29) is 12.6 Å². The van der Waals surface area contributed by atoms with E-state index in [9.17, 15) is 5.11 Å². The molecule has 1 rings (SSSR count). The molecule has 1 atom stereocenters. The van der Waals surface area contributed by atoms with Crippen LogP contribution in [-0.2, 0) is 0 Å². The molecule has 4 heteroatoms. The second-order valence-corrected chi connectivity index (χ2v) is 4.39. The van der Waals surface area contributed by atoms with Gasteiger partial charge < -0.3 is 10.4 Å². The van der Waals surface area contributed by atoms with Gasteiger partial charge in [-0.25, -0.2) is 0 Å². The lowest BCUT2D eigenvalue weighted by Crippen LogP contribution is -2.29. The second kappa shape index (κ2) is 5.74. The van der Waals surface area contributed by atoms with E-state index in [1.165, 1.54) is 0 Å². The summed E-state index contributed by atoms with van der Waals surface area (Å²) in [5.74, 6) is 0.303. The van der Waals surface area contributed by atoms with E-state index < -0.39 is 0 Å². The van der Waals surface area contributed by atoms with Crippen molar-refractivity contribution in [3.63, 3.8) is 0 Å². The summed E-state index contributed by atoms with van der Waals surface area (Å²) in [6.07, 6.45) is 0. The quantitative estimate of drug-likeness (QED) is 0.848. The third-order valence-electron chi connectivity index (χ3n) is 2.44. The first-order valence-electron chi connectivity index (χ1n) is 5.15. The summed E-state index contributed by atoms with van der Waals surface area (Å²) >= 11 is 6.02. The van der Waals surface area contributed by atoms with Gasteiger partial charge in [-0.15, -0.1) is 0 Å². The van der Waals surface area contributed by atoms with Crippen molar-refractivity contribution in [1.82, 2.24) is 0 Å². The molecule has 0 saturated heterocycles. The van der Waals surface area contributed by atoms with E-state index in [0.717, 1.165) is 5.69 Å². The number of aliphatic hydroxyl groups is 1. The summed E-state index contributed by atoms with van der Waals surface area (Å²) in [5.41, 5.74) is 1.27. The Morgan fingerprint density at radius 2 is 2.19 bits per heavy atom. The number of nitriles is 1. The Balaban J connectivity index is 2.86. The summed E-state index contributed by atoms with van der Waals surface area (Å²) in [5, 5.41) is 21.5. The van der Waals surface area contributed by atoms with Crippen LogP contribution in [-0.4, -0.2) is 17.8 Å². The molecule has 16 heavy (non-hydrogen) atoms. The lowest BCUT2D eigenvalue weighted by atomic mass is 10.0. The molecular formula is C12H15ClN2O. The van der Waals surface area contributed by atoms with E-state index in [0.29, 0.717) is 16.5 Å². The molecule has 0 aliphatic heterocycles. The summed E-state index contributed by atoms with van der Waals surface area (Å²) in [4.78, 5) is 0. The minimum Gasteiger partial charge on any atom is -0.394 e. The highest BCUT2D eigenvalue weighted by molar-refractivity contribution is 6.33. The lowest BCUT2D eigenvalue weighted by molar-refractivity contribution is 0.249. The Kier molecular flexibility index (Phi) is 4.60. The van der Waals surface area contributed by atoms with E-state index >= 15 is 0 Å². The Bertz CT molecular complexity index is 398. The minimum absolute atomic E-state index is 0.0366. The second-order valence-electron chi connectivity index (χ2n) is 3.98. The van der Waals surface area contributed by atoms with Crippen LogP contribution in [0.2, 0.25) is 5.02 Å². The standard InChI is InChI=1S/C12H15ClN2O/c1-8(2)12(7-16)15-11-4-3-9(6-14)5-10(11)13/h3-5,8,12,15-16H,7H2,1-2H3. The van der Waals surface area contributed by atoms with E-state index in [1.807, 2.05) is 19.9 Å². The molecule has 0 aromatic heterocycles. The topological polar surface area (TPSA) is 56.0 Å². The molecule has 1 unspecified atom stereocenters. The first-order chi connectivity index (χ1) is 7.58. The molecule has 0 aliphatic rings. The molecule has 0 amide bonds. The maximum atomic E-state index is 9.19. The van der Waals surface area contributed by atoms with Crippen LogP contribution in [0.4, 0.5) is 5.69 Å². The molecule has 1 aromatic carbocycles. The average Bonchev–Trinajstić information content (AvgIpc) is 2.26. The van der Waals surface area contributed by atoms with E-state index in [2.05, 4.69) is 5.32 Å². The number of halogens is 1. The largest absolute Gasteiger partial charge is 0.394 e. The predicted octanol–water partition coefficient (Wildman–Crippen LogP) is 2.64. The van der Waals surface area contributed by atoms with Gasteiger partial charge >= 0.3 is 0 Å². The number of aliphatic hydroxyl groups excluding tert-OH is 1. The van der Waals surface area contributed by atoms with Crippen molar-refractivity contribution in [2.75, 3.05) is 11.9 Å². The van der Waals surface area contributed by atoms with E-state index in [1.54, 1.807) is 18.2 Å². The highest BCUT2D eigenvalue weighted by atomic mass is 35.5. The first kappa shape index (κ1) is 12.8. The average molecular weight is 239 g/mol. The van der Waals surface area contributed by atoms with Gasteiger partial charge in [-0.05, 0) is 24.1 Å². The zero-order chi connectivity index (χ0) is 12.1. The Hall–Kier alpha value is -1.24. The molecular weight excluding hydrogens is 224 g/mol. The van der Waals surface area contributed by atoms with Crippen molar-refractivity contribution in [1.29, 1.82) is 5.26 Å². The third-order valence-corrected chi connectivity index (χ3v) is 2.75. The molecule has 1 aromatic rings. The fourth-order valence-electron chi connectivity index (χ4n) is 1.32. The fraction of sp³-hybridized carbons (Fsp3) is 0.417. The Morgan fingerprint density at radius 1 is 1.50 bits per heavy atom. The number of nitrogens with one attached hydrogen (secondary N) is 1. The zero-order valence-electron chi connectivity index (χ0n) is 9.37. The molecule has 2 N–H and O–H groups in total. The molecule has 0 bridgehead atoms. The molecule has 0 saturated carbocycles. The van der Waals surface area contributed by atoms with Crippen molar-refractivity contribution in [3.05, 3.63) is 28.8 Å². The van der Waals surface area contributed by atoms with Crippen LogP contribution in [0, 0.1) is 17.2 Å². The van der Waals surface area contributed by atoms with Gasteiger partial charge in [0.25, 0.3) is 0 Å². The van der Waals surface area contributed by atoms with Crippen LogP contribution in [0.15, 0.2) is 18.2 Å². The van der Waals surface area contributed by atoms with Gasteiger partial charge in [0.2, 0.25) is 0 Å².